The van der Waals surface area contributed by atoms with Gasteiger partial charge in [-0.05, 0) is 12.0 Å². The van der Waals surface area contributed by atoms with Crippen LogP contribution in [0.1, 0.15) is 30.0 Å². The quantitative estimate of drug-likeness (QED) is 0.715. The largest absolute Gasteiger partial charge is 0.285 e. The molecule has 18 heavy (non-hydrogen) atoms. The van der Waals surface area contributed by atoms with Crippen LogP contribution in [-0.4, -0.2) is 9.97 Å². The number of nitrogens with zero attached hydrogens (tertiary/aromatic N) is 2. The van der Waals surface area contributed by atoms with E-state index in [1.807, 2.05) is 18.5 Å². The molecule has 1 aromatic heterocycles. The predicted octanol–water partition coefficient (Wildman–Crippen LogP) is 3.51. The van der Waals surface area contributed by atoms with Crippen molar-refractivity contribution >= 4 is 0 Å². The third-order valence-electron chi connectivity index (χ3n) is 2.91. The minimum atomic E-state index is 0. The molecule has 1 aromatic carbocycles. The van der Waals surface area contributed by atoms with Crippen LogP contribution < -0.4 is 0 Å². The Kier molecular flexibility index (Phi) is 5.64. The van der Waals surface area contributed by atoms with Crippen LogP contribution in [0, 0.1) is 19.9 Å². The topological polar surface area (TPSA) is 25.8 Å². The second kappa shape index (κ2) is 6.77. The van der Waals surface area contributed by atoms with Gasteiger partial charge in [-0.15, -0.1) is 34.9 Å². The van der Waals surface area contributed by atoms with Crippen LogP contribution in [0.5, 0.6) is 0 Å². The van der Waals surface area contributed by atoms with Gasteiger partial charge in [-0.1, -0.05) is 27.2 Å². The molecule has 3 heteroatoms. The molecule has 0 atom stereocenters. The number of hydrogen-bond donors (Lipinski definition) is 0. The van der Waals surface area contributed by atoms with E-state index in [-0.39, 0.29) is 20.1 Å². The zero-order chi connectivity index (χ0) is 12.3. The first-order valence-corrected chi connectivity index (χ1v) is 6.01. The summed E-state index contributed by atoms with van der Waals surface area (Å²) in [5, 5.41) is 0. The molecule has 0 unspecified atom stereocenters. The number of benzene rings is 1. The van der Waals surface area contributed by atoms with E-state index in [1.165, 1.54) is 16.7 Å². The second-order valence-electron chi connectivity index (χ2n) is 4.38. The fourth-order valence-electron chi connectivity index (χ4n) is 1.71. The minimum absolute atomic E-state index is 0. The zero-order valence-corrected chi connectivity index (χ0v) is 13.3. The molecule has 2 nitrogen and oxygen atoms in total. The fourth-order valence-corrected chi connectivity index (χ4v) is 1.71. The molecule has 0 saturated carbocycles. The van der Waals surface area contributed by atoms with E-state index in [0.717, 1.165) is 24.2 Å². The van der Waals surface area contributed by atoms with Gasteiger partial charge in [0.1, 0.15) is 0 Å². The smallest absolute Gasteiger partial charge is 0.0748 e. The van der Waals surface area contributed by atoms with Crippen LogP contribution in [0.4, 0.5) is 0 Å². The summed E-state index contributed by atoms with van der Waals surface area (Å²) in [7, 11) is 0. The molecule has 0 fully saturated rings. The van der Waals surface area contributed by atoms with Gasteiger partial charge in [0.2, 0.25) is 0 Å². The summed E-state index contributed by atoms with van der Waals surface area (Å²) < 4.78 is 0. The van der Waals surface area contributed by atoms with Gasteiger partial charge in [0.15, 0.2) is 0 Å². The van der Waals surface area contributed by atoms with E-state index >= 15 is 0 Å². The SMILES string of the molecule is CCCc1cnc(-c2[c-]cc(C)c(C)c2)nc1.[Ir]. The van der Waals surface area contributed by atoms with E-state index in [2.05, 4.69) is 42.9 Å². The van der Waals surface area contributed by atoms with Crippen LogP contribution in [0.25, 0.3) is 11.4 Å². The van der Waals surface area contributed by atoms with Crippen molar-refractivity contribution in [1.82, 2.24) is 9.97 Å². The average molecular weight is 418 g/mol. The second-order valence-corrected chi connectivity index (χ2v) is 4.38. The molecule has 0 aliphatic rings. The Bertz CT molecular complexity index is 506. The molecular formula is C15H17IrN2-. The summed E-state index contributed by atoms with van der Waals surface area (Å²) in [6.45, 7) is 6.34. The van der Waals surface area contributed by atoms with Gasteiger partial charge < -0.3 is 0 Å². The van der Waals surface area contributed by atoms with Crippen molar-refractivity contribution in [1.29, 1.82) is 0 Å². The van der Waals surface area contributed by atoms with Gasteiger partial charge in [0.05, 0.1) is 5.82 Å². The Hall–Kier alpha value is -1.05. The number of aromatic nitrogens is 2. The summed E-state index contributed by atoms with van der Waals surface area (Å²) in [6.07, 6.45) is 5.99. The van der Waals surface area contributed by atoms with E-state index in [4.69, 9.17) is 0 Å². The van der Waals surface area contributed by atoms with E-state index in [1.54, 1.807) is 0 Å². The summed E-state index contributed by atoms with van der Waals surface area (Å²) in [4.78, 5) is 8.79. The number of rotatable bonds is 3. The van der Waals surface area contributed by atoms with Crippen LogP contribution in [0.15, 0.2) is 24.5 Å². The third kappa shape index (κ3) is 3.47. The maximum atomic E-state index is 4.40. The van der Waals surface area contributed by atoms with Gasteiger partial charge in [-0.3, -0.25) is 9.97 Å². The van der Waals surface area contributed by atoms with Crippen molar-refractivity contribution < 1.29 is 20.1 Å². The van der Waals surface area contributed by atoms with E-state index < -0.39 is 0 Å². The summed E-state index contributed by atoms with van der Waals surface area (Å²) in [5.74, 6) is 0.757. The van der Waals surface area contributed by atoms with Crippen molar-refractivity contribution in [2.45, 2.75) is 33.6 Å². The number of aryl methyl sites for hydroxylation is 3. The molecule has 0 spiro atoms. The standard InChI is InChI=1S/C15H17N2.Ir/c1-4-5-13-9-16-15(17-10-13)14-7-6-11(2)12(3)8-14;/h6,8-10H,4-5H2,1-3H3;/q-1;. The fraction of sp³-hybridized carbons (Fsp3) is 0.333. The van der Waals surface area contributed by atoms with Gasteiger partial charge in [-0.25, -0.2) is 0 Å². The van der Waals surface area contributed by atoms with Gasteiger partial charge in [0, 0.05) is 32.5 Å². The zero-order valence-electron chi connectivity index (χ0n) is 11.0. The molecular weight excluding hydrogens is 400 g/mol. The van der Waals surface area contributed by atoms with Crippen LogP contribution in [-0.2, 0) is 26.5 Å². The Labute approximate surface area is 122 Å². The molecule has 0 bridgehead atoms. The van der Waals surface area contributed by atoms with Gasteiger partial charge in [-0.2, -0.15) is 0 Å². The Morgan fingerprint density at radius 2 is 1.78 bits per heavy atom. The van der Waals surface area contributed by atoms with Crippen LogP contribution >= 0.6 is 0 Å². The van der Waals surface area contributed by atoms with Crippen LogP contribution in [0.3, 0.4) is 0 Å². The third-order valence-corrected chi connectivity index (χ3v) is 2.91. The molecule has 0 saturated heterocycles. The minimum Gasteiger partial charge on any atom is -0.285 e. The maximum Gasteiger partial charge on any atom is 0.0748 e. The summed E-state index contributed by atoms with van der Waals surface area (Å²) in [6, 6.07) is 7.30. The first-order chi connectivity index (χ1) is 8.20. The molecule has 1 radical (unpaired) electrons. The number of hydrogen-bond acceptors (Lipinski definition) is 2. The van der Waals surface area contributed by atoms with E-state index in [0.29, 0.717) is 0 Å². The Morgan fingerprint density at radius 3 is 2.33 bits per heavy atom. The van der Waals surface area contributed by atoms with Crippen molar-refractivity contribution in [2.75, 3.05) is 0 Å². The molecule has 0 aliphatic heterocycles. The van der Waals surface area contributed by atoms with Gasteiger partial charge >= 0.3 is 0 Å². The molecule has 2 aromatic rings. The van der Waals surface area contributed by atoms with Crippen molar-refractivity contribution in [3.05, 3.63) is 47.3 Å². The molecule has 0 N–H and O–H groups in total. The molecule has 97 valence electrons. The first kappa shape index (κ1) is 15.0. The first-order valence-electron chi connectivity index (χ1n) is 6.01. The predicted molar refractivity (Wildman–Crippen MR) is 69.8 cm³/mol. The molecule has 1 heterocycles. The van der Waals surface area contributed by atoms with Crippen molar-refractivity contribution in [2.24, 2.45) is 0 Å². The summed E-state index contributed by atoms with van der Waals surface area (Å²) >= 11 is 0. The summed E-state index contributed by atoms with van der Waals surface area (Å²) in [5.41, 5.74) is 4.66. The normalized spacial score (nSPS) is 9.94. The Balaban J connectivity index is 0.00000162. The average Bonchev–Trinajstić information content (AvgIpc) is 2.34. The van der Waals surface area contributed by atoms with Crippen molar-refractivity contribution in [3.63, 3.8) is 0 Å². The molecule has 0 amide bonds. The van der Waals surface area contributed by atoms with Gasteiger partial charge in [0.25, 0.3) is 0 Å². The molecule has 0 aliphatic carbocycles. The van der Waals surface area contributed by atoms with Crippen LogP contribution in [0.2, 0.25) is 0 Å². The monoisotopic (exact) mass is 418 g/mol. The molecule has 2 rings (SSSR count). The Morgan fingerprint density at radius 1 is 1.11 bits per heavy atom. The van der Waals surface area contributed by atoms with E-state index in [9.17, 15) is 0 Å². The maximum absolute atomic E-state index is 4.40. The van der Waals surface area contributed by atoms with Crippen molar-refractivity contribution in [3.8, 4) is 11.4 Å².